The van der Waals surface area contributed by atoms with Crippen molar-refractivity contribution < 1.29 is 9.21 Å². The highest BCUT2D eigenvalue weighted by Gasteiger charge is 2.03. The summed E-state index contributed by atoms with van der Waals surface area (Å²) in [4.78, 5) is 11.1. The second-order valence-corrected chi connectivity index (χ2v) is 4.42. The zero-order valence-electron chi connectivity index (χ0n) is 7.06. The Hall–Kier alpha value is -0.610. The van der Waals surface area contributed by atoms with Gasteiger partial charge < -0.3 is 4.42 Å². The molecule has 1 rings (SSSR count). The maximum absolute atomic E-state index is 11.1. The molecule has 2 nitrogen and oxygen atoms in total. The van der Waals surface area contributed by atoms with Crippen molar-refractivity contribution in [2.75, 3.05) is 5.75 Å². The topological polar surface area (TPSA) is 30.2 Å². The summed E-state index contributed by atoms with van der Waals surface area (Å²) in [6.07, 6.45) is 3.33. The van der Waals surface area contributed by atoms with Crippen LogP contribution in [-0.2, 0) is 5.75 Å². The molecule has 70 valence electrons. The van der Waals surface area contributed by atoms with Gasteiger partial charge in [-0.2, -0.15) is 0 Å². The van der Waals surface area contributed by atoms with Gasteiger partial charge >= 0.3 is 0 Å². The highest BCUT2D eigenvalue weighted by molar-refractivity contribution is 8.38. The molecule has 0 saturated carbocycles. The summed E-state index contributed by atoms with van der Waals surface area (Å²) in [6, 6.07) is 3.68. The van der Waals surface area contributed by atoms with E-state index >= 15 is 0 Å². The Labute approximate surface area is 85.8 Å². The minimum absolute atomic E-state index is 0.108. The average molecular weight is 214 g/mol. The third-order valence-electron chi connectivity index (χ3n) is 1.23. The molecule has 0 aliphatic rings. The van der Waals surface area contributed by atoms with Gasteiger partial charge in [0.25, 0.3) is 0 Å². The number of carbonyl (C=O) groups is 1. The Bertz CT molecular complexity index is 267. The molecule has 0 aliphatic heterocycles. The van der Waals surface area contributed by atoms with E-state index in [0.29, 0.717) is 11.5 Å². The van der Waals surface area contributed by atoms with Gasteiger partial charge in [-0.25, -0.2) is 0 Å². The van der Waals surface area contributed by atoms with E-state index in [1.54, 1.807) is 12.3 Å². The van der Waals surface area contributed by atoms with Crippen LogP contribution in [0.15, 0.2) is 35.5 Å². The van der Waals surface area contributed by atoms with Crippen LogP contribution in [0.4, 0.5) is 4.79 Å². The van der Waals surface area contributed by atoms with Crippen molar-refractivity contribution in [1.82, 2.24) is 0 Å². The van der Waals surface area contributed by atoms with Gasteiger partial charge in [-0.3, -0.25) is 4.79 Å². The van der Waals surface area contributed by atoms with E-state index < -0.39 is 0 Å². The van der Waals surface area contributed by atoms with E-state index in [2.05, 4.69) is 6.58 Å². The Morgan fingerprint density at radius 2 is 2.46 bits per heavy atom. The van der Waals surface area contributed by atoms with Gasteiger partial charge in [0, 0.05) is 5.75 Å². The molecule has 1 aromatic heterocycles. The first-order valence-electron chi connectivity index (χ1n) is 3.75. The van der Waals surface area contributed by atoms with Gasteiger partial charge in [-0.15, -0.1) is 6.58 Å². The van der Waals surface area contributed by atoms with Crippen LogP contribution >= 0.6 is 23.5 Å². The minimum Gasteiger partial charge on any atom is -0.468 e. The molecule has 0 saturated heterocycles. The fourth-order valence-electron chi connectivity index (χ4n) is 0.693. The predicted molar refractivity (Wildman–Crippen MR) is 58.1 cm³/mol. The van der Waals surface area contributed by atoms with Crippen LogP contribution < -0.4 is 0 Å². The Balaban J connectivity index is 2.19. The lowest BCUT2D eigenvalue weighted by molar-refractivity contribution is 0.276. The molecular formula is C9H10O2S2. The lowest BCUT2D eigenvalue weighted by Crippen LogP contribution is -1.84. The van der Waals surface area contributed by atoms with Crippen molar-refractivity contribution in [2.24, 2.45) is 0 Å². The summed E-state index contributed by atoms with van der Waals surface area (Å²) in [5.41, 5.74) is 0. The van der Waals surface area contributed by atoms with E-state index in [1.165, 1.54) is 23.5 Å². The van der Waals surface area contributed by atoms with Crippen LogP contribution in [0.2, 0.25) is 0 Å². The molecule has 0 aromatic carbocycles. The summed E-state index contributed by atoms with van der Waals surface area (Å²) in [5.74, 6) is 2.11. The van der Waals surface area contributed by atoms with E-state index in [-0.39, 0.29) is 4.45 Å². The van der Waals surface area contributed by atoms with E-state index in [1.807, 2.05) is 12.1 Å². The summed E-state index contributed by atoms with van der Waals surface area (Å²) in [7, 11) is 0. The van der Waals surface area contributed by atoms with Crippen LogP contribution in [0.3, 0.4) is 0 Å². The van der Waals surface area contributed by atoms with Crippen LogP contribution in [0.5, 0.6) is 0 Å². The summed E-state index contributed by atoms with van der Waals surface area (Å²) < 4.78 is 5.19. The summed E-state index contributed by atoms with van der Waals surface area (Å²) >= 11 is 2.52. The summed E-state index contributed by atoms with van der Waals surface area (Å²) in [5, 5.41) is 0. The largest absolute Gasteiger partial charge is 0.468 e. The van der Waals surface area contributed by atoms with Crippen LogP contribution in [0, 0.1) is 0 Å². The molecule has 0 spiro atoms. The smallest absolute Gasteiger partial charge is 0.246 e. The van der Waals surface area contributed by atoms with Crippen LogP contribution in [0.1, 0.15) is 5.76 Å². The fraction of sp³-hybridized carbons (Fsp3) is 0.222. The lowest BCUT2D eigenvalue weighted by atomic mass is 10.5. The van der Waals surface area contributed by atoms with Crippen LogP contribution in [0.25, 0.3) is 0 Å². The standard InChI is InChI=1S/C9H10O2S2/c1-2-6-12-9(10)13-7-8-4-3-5-11-8/h2-5H,1,6-7H2. The van der Waals surface area contributed by atoms with Crippen molar-refractivity contribution in [2.45, 2.75) is 5.75 Å². The lowest BCUT2D eigenvalue weighted by Gasteiger charge is -1.95. The Kier molecular flexibility index (Phi) is 4.78. The summed E-state index contributed by atoms with van der Waals surface area (Å²) in [6.45, 7) is 3.54. The van der Waals surface area contributed by atoms with Crippen molar-refractivity contribution >= 4 is 28.0 Å². The van der Waals surface area contributed by atoms with Gasteiger partial charge in [-0.05, 0) is 12.1 Å². The predicted octanol–water partition coefficient (Wildman–Crippen LogP) is 3.55. The second kappa shape index (κ2) is 5.94. The molecule has 4 heteroatoms. The highest BCUT2D eigenvalue weighted by Crippen LogP contribution is 2.21. The zero-order chi connectivity index (χ0) is 9.52. The third-order valence-corrected chi connectivity index (χ3v) is 3.24. The van der Waals surface area contributed by atoms with Crippen molar-refractivity contribution in [3.05, 3.63) is 36.8 Å². The molecule has 0 aliphatic carbocycles. The zero-order valence-corrected chi connectivity index (χ0v) is 8.70. The van der Waals surface area contributed by atoms with Crippen molar-refractivity contribution in [3.63, 3.8) is 0 Å². The molecule has 0 radical (unpaired) electrons. The number of carbonyl (C=O) groups excluding carboxylic acids is 1. The number of thioether (sulfide) groups is 2. The minimum atomic E-state index is 0.108. The van der Waals surface area contributed by atoms with E-state index in [0.717, 1.165) is 5.76 Å². The first kappa shape index (κ1) is 10.5. The Morgan fingerprint density at radius 1 is 1.62 bits per heavy atom. The molecule has 0 amide bonds. The average Bonchev–Trinajstić information content (AvgIpc) is 2.64. The van der Waals surface area contributed by atoms with Gasteiger partial charge in [0.2, 0.25) is 4.45 Å². The molecule has 0 fully saturated rings. The first-order chi connectivity index (χ1) is 6.33. The van der Waals surface area contributed by atoms with Crippen LogP contribution in [-0.4, -0.2) is 10.2 Å². The normalized spacial score (nSPS) is 9.85. The van der Waals surface area contributed by atoms with Crippen molar-refractivity contribution in [3.8, 4) is 0 Å². The van der Waals surface area contributed by atoms with E-state index in [9.17, 15) is 4.79 Å². The molecule has 1 aromatic rings. The molecule has 0 atom stereocenters. The second-order valence-electron chi connectivity index (χ2n) is 2.22. The number of hydrogen-bond donors (Lipinski definition) is 0. The molecule has 13 heavy (non-hydrogen) atoms. The highest BCUT2D eigenvalue weighted by atomic mass is 32.2. The first-order valence-corrected chi connectivity index (χ1v) is 5.73. The van der Waals surface area contributed by atoms with Gasteiger partial charge in [-0.1, -0.05) is 29.6 Å². The number of furan rings is 1. The monoisotopic (exact) mass is 214 g/mol. The molecule has 0 unspecified atom stereocenters. The molecular weight excluding hydrogens is 204 g/mol. The number of hydrogen-bond acceptors (Lipinski definition) is 4. The fourth-order valence-corrected chi connectivity index (χ4v) is 2.09. The van der Waals surface area contributed by atoms with Gasteiger partial charge in [0.05, 0.1) is 12.0 Å². The van der Waals surface area contributed by atoms with E-state index in [4.69, 9.17) is 4.42 Å². The van der Waals surface area contributed by atoms with Gasteiger partial charge in [0.15, 0.2) is 0 Å². The maximum atomic E-state index is 11.1. The molecule has 0 N–H and O–H groups in total. The molecule has 1 heterocycles. The number of rotatable bonds is 4. The third kappa shape index (κ3) is 4.24. The maximum Gasteiger partial charge on any atom is 0.246 e. The van der Waals surface area contributed by atoms with Crippen molar-refractivity contribution in [1.29, 1.82) is 0 Å². The SMILES string of the molecule is C=CCSC(=O)SCc1ccco1. The Morgan fingerprint density at radius 3 is 3.08 bits per heavy atom. The van der Waals surface area contributed by atoms with Gasteiger partial charge in [0.1, 0.15) is 5.76 Å². The molecule has 0 bridgehead atoms. The quantitative estimate of drug-likeness (QED) is 0.717.